The highest BCUT2D eigenvalue weighted by Crippen LogP contribution is 2.30. The smallest absolute Gasteiger partial charge is 0.219 e. The first kappa shape index (κ1) is 13.0. The number of carbonyl (C=O) groups excluding carboxylic acids is 1. The van der Waals surface area contributed by atoms with Crippen molar-refractivity contribution < 1.29 is 4.79 Å². The highest BCUT2D eigenvalue weighted by atomic mass is 35.5. The minimum Gasteiger partial charge on any atom is -0.336 e. The highest BCUT2D eigenvalue weighted by Gasteiger charge is 2.25. The second-order valence-electron chi connectivity index (χ2n) is 4.01. The van der Waals surface area contributed by atoms with Crippen LogP contribution in [-0.2, 0) is 4.79 Å². The molecule has 1 unspecified atom stereocenters. The van der Waals surface area contributed by atoms with Gasteiger partial charge in [-0.05, 0) is 30.9 Å². The molecule has 1 saturated heterocycles. The molecule has 0 spiro atoms. The fourth-order valence-electron chi connectivity index (χ4n) is 2.23. The number of hydrogen-bond donors (Lipinski definition) is 0. The van der Waals surface area contributed by atoms with Crippen molar-refractivity contribution in [2.75, 3.05) is 6.54 Å². The zero-order valence-electron chi connectivity index (χ0n) is 9.43. The lowest BCUT2D eigenvalue weighted by atomic mass is 9.96. The van der Waals surface area contributed by atoms with E-state index in [1.807, 2.05) is 17.2 Å². The molecule has 2 rings (SSSR count). The lowest BCUT2D eigenvalue weighted by Crippen LogP contribution is -2.36. The average Bonchev–Trinajstić information content (AvgIpc) is 2.30. The summed E-state index contributed by atoms with van der Waals surface area (Å²) in [7, 11) is 0. The van der Waals surface area contributed by atoms with Crippen molar-refractivity contribution in [2.24, 2.45) is 0 Å². The molecule has 1 amide bonds. The van der Waals surface area contributed by atoms with Crippen molar-refractivity contribution in [3.05, 3.63) is 30.1 Å². The number of rotatable bonds is 1. The van der Waals surface area contributed by atoms with Gasteiger partial charge in [-0.1, -0.05) is 6.07 Å². The van der Waals surface area contributed by atoms with Crippen LogP contribution < -0.4 is 0 Å². The summed E-state index contributed by atoms with van der Waals surface area (Å²) in [5.41, 5.74) is 1.16. The molecule has 3 nitrogen and oxygen atoms in total. The molecule has 1 aliphatic heterocycles. The van der Waals surface area contributed by atoms with Gasteiger partial charge in [-0.25, -0.2) is 0 Å². The van der Waals surface area contributed by atoms with E-state index in [1.54, 1.807) is 13.1 Å². The van der Waals surface area contributed by atoms with Crippen LogP contribution in [0.1, 0.15) is 37.8 Å². The molecule has 0 saturated carbocycles. The normalized spacial score (nSPS) is 20.1. The maximum absolute atomic E-state index is 11.5. The molecule has 0 aromatic carbocycles. The van der Waals surface area contributed by atoms with Crippen LogP contribution in [0.25, 0.3) is 0 Å². The summed E-state index contributed by atoms with van der Waals surface area (Å²) in [6, 6.07) is 4.23. The number of pyridine rings is 1. The maximum atomic E-state index is 11.5. The molecule has 1 aromatic rings. The minimum absolute atomic E-state index is 0. The van der Waals surface area contributed by atoms with E-state index >= 15 is 0 Å². The number of amides is 1. The second-order valence-corrected chi connectivity index (χ2v) is 4.01. The van der Waals surface area contributed by atoms with Crippen molar-refractivity contribution in [1.82, 2.24) is 9.88 Å². The summed E-state index contributed by atoms with van der Waals surface area (Å²) >= 11 is 0. The van der Waals surface area contributed by atoms with Gasteiger partial charge in [-0.15, -0.1) is 12.4 Å². The Bertz CT molecular complexity index is 342. The van der Waals surface area contributed by atoms with Gasteiger partial charge < -0.3 is 4.90 Å². The lowest BCUT2D eigenvalue weighted by molar-refractivity contribution is -0.132. The van der Waals surface area contributed by atoms with Crippen LogP contribution in [0.5, 0.6) is 0 Å². The Morgan fingerprint density at radius 2 is 2.31 bits per heavy atom. The number of halogens is 1. The Morgan fingerprint density at radius 1 is 1.50 bits per heavy atom. The van der Waals surface area contributed by atoms with E-state index in [4.69, 9.17) is 0 Å². The second kappa shape index (κ2) is 5.85. The van der Waals surface area contributed by atoms with E-state index in [2.05, 4.69) is 11.1 Å². The Labute approximate surface area is 102 Å². The summed E-state index contributed by atoms with van der Waals surface area (Å²) in [5, 5.41) is 0. The third kappa shape index (κ3) is 2.73. The fourth-order valence-corrected chi connectivity index (χ4v) is 2.23. The van der Waals surface area contributed by atoms with Gasteiger partial charge in [0.15, 0.2) is 0 Å². The van der Waals surface area contributed by atoms with E-state index in [0.29, 0.717) is 0 Å². The van der Waals surface area contributed by atoms with Gasteiger partial charge in [0.25, 0.3) is 0 Å². The lowest BCUT2D eigenvalue weighted by Gasteiger charge is -2.35. The first-order chi connectivity index (χ1) is 7.29. The summed E-state index contributed by atoms with van der Waals surface area (Å²) in [6.07, 6.45) is 7.02. The van der Waals surface area contributed by atoms with Gasteiger partial charge in [0.2, 0.25) is 5.91 Å². The first-order valence-electron chi connectivity index (χ1n) is 5.46. The summed E-state index contributed by atoms with van der Waals surface area (Å²) in [4.78, 5) is 17.6. The first-order valence-corrected chi connectivity index (χ1v) is 5.46. The average molecular weight is 241 g/mol. The standard InChI is InChI=1S/C12H16N2O.ClH/c1-10(15)14-8-3-2-6-12(14)11-5-4-7-13-9-11;/h4-5,7,9,12H,2-3,6,8H2,1H3;1H. The summed E-state index contributed by atoms with van der Waals surface area (Å²) < 4.78 is 0. The Balaban J connectivity index is 0.00000128. The predicted molar refractivity (Wildman–Crippen MR) is 65.5 cm³/mol. The van der Waals surface area contributed by atoms with Gasteiger partial charge in [0.05, 0.1) is 6.04 Å². The molecule has 1 aromatic heterocycles. The molecule has 1 atom stereocenters. The Morgan fingerprint density at radius 3 is 2.94 bits per heavy atom. The number of nitrogens with zero attached hydrogens (tertiary/aromatic N) is 2. The molecule has 4 heteroatoms. The van der Waals surface area contributed by atoms with E-state index in [9.17, 15) is 4.79 Å². The molecule has 0 N–H and O–H groups in total. The van der Waals surface area contributed by atoms with E-state index in [1.165, 1.54) is 6.42 Å². The number of carbonyl (C=O) groups is 1. The minimum atomic E-state index is 0. The van der Waals surface area contributed by atoms with Crippen LogP contribution >= 0.6 is 12.4 Å². The van der Waals surface area contributed by atoms with E-state index in [-0.39, 0.29) is 24.4 Å². The van der Waals surface area contributed by atoms with Crippen LogP contribution in [-0.4, -0.2) is 22.3 Å². The van der Waals surface area contributed by atoms with Crippen LogP contribution in [0.15, 0.2) is 24.5 Å². The fraction of sp³-hybridized carbons (Fsp3) is 0.500. The van der Waals surface area contributed by atoms with Crippen LogP contribution in [0.2, 0.25) is 0 Å². The summed E-state index contributed by atoms with van der Waals surface area (Å²) in [6.45, 7) is 2.53. The van der Waals surface area contributed by atoms with Crippen molar-refractivity contribution >= 4 is 18.3 Å². The highest BCUT2D eigenvalue weighted by molar-refractivity contribution is 5.85. The molecule has 16 heavy (non-hydrogen) atoms. The third-order valence-corrected chi connectivity index (χ3v) is 2.98. The largest absolute Gasteiger partial charge is 0.336 e. The van der Waals surface area contributed by atoms with E-state index < -0.39 is 0 Å². The molecule has 1 aliphatic rings. The number of piperidine rings is 1. The molecule has 2 heterocycles. The van der Waals surface area contributed by atoms with Gasteiger partial charge in [-0.3, -0.25) is 9.78 Å². The molecule has 1 fully saturated rings. The molecular formula is C12H17ClN2O. The zero-order chi connectivity index (χ0) is 10.7. The number of aromatic nitrogens is 1. The van der Waals surface area contributed by atoms with Crippen LogP contribution in [0, 0.1) is 0 Å². The quantitative estimate of drug-likeness (QED) is 0.756. The molecule has 0 aliphatic carbocycles. The van der Waals surface area contributed by atoms with Crippen molar-refractivity contribution in [3.63, 3.8) is 0 Å². The van der Waals surface area contributed by atoms with Crippen molar-refractivity contribution in [1.29, 1.82) is 0 Å². The van der Waals surface area contributed by atoms with Crippen LogP contribution in [0.3, 0.4) is 0 Å². The van der Waals surface area contributed by atoms with Gasteiger partial charge >= 0.3 is 0 Å². The van der Waals surface area contributed by atoms with Gasteiger partial charge in [0.1, 0.15) is 0 Å². The third-order valence-electron chi connectivity index (χ3n) is 2.98. The predicted octanol–water partition coefficient (Wildman–Crippen LogP) is 2.58. The molecule has 0 radical (unpaired) electrons. The van der Waals surface area contributed by atoms with Gasteiger partial charge in [-0.2, -0.15) is 0 Å². The van der Waals surface area contributed by atoms with Gasteiger partial charge in [0, 0.05) is 25.9 Å². The monoisotopic (exact) mass is 240 g/mol. The number of hydrogen-bond acceptors (Lipinski definition) is 2. The van der Waals surface area contributed by atoms with Crippen molar-refractivity contribution in [3.8, 4) is 0 Å². The van der Waals surface area contributed by atoms with E-state index in [0.717, 1.165) is 24.9 Å². The number of likely N-dealkylation sites (tertiary alicyclic amines) is 1. The molecular weight excluding hydrogens is 224 g/mol. The Kier molecular flexibility index (Phi) is 4.74. The molecule has 88 valence electrons. The Hall–Kier alpha value is -1.09. The summed E-state index contributed by atoms with van der Waals surface area (Å²) in [5.74, 6) is 0.170. The topological polar surface area (TPSA) is 33.2 Å². The molecule has 0 bridgehead atoms. The van der Waals surface area contributed by atoms with Crippen molar-refractivity contribution in [2.45, 2.75) is 32.2 Å². The van der Waals surface area contributed by atoms with Crippen LogP contribution in [0.4, 0.5) is 0 Å². The maximum Gasteiger partial charge on any atom is 0.219 e. The zero-order valence-corrected chi connectivity index (χ0v) is 10.2. The SMILES string of the molecule is CC(=O)N1CCCCC1c1cccnc1.Cl.